The van der Waals surface area contributed by atoms with E-state index in [2.05, 4.69) is 37.6 Å². The minimum Gasteiger partial charge on any atom is -0.340 e. The molecule has 5 nitrogen and oxygen atoms in total. The molecule has 0 aliphatic heterocycles. The maximum absolute atomic E-state index is 6.04. The number of H-pyrrole nitrogens is 1. The van der Waals surface area contributed by atoms with Crippen LogP contribution in [0, 0.1) is 0 Å². The predicted octanol–water partition coefficient (Wildman–Crippen LogP) is 5.04. The van der Waals surface area contributed by atoms with E-state index in [-0.39, 0.29) is 0 Å². The number of aryl methyl sites for hydroxylation is 1. The fraction of sp³-hybridized carbons (Fsp3) is 0.118. The van der Waals surface area contributed by atoms with Crippen molar-refractivity contribution in [3.8, 4) is 10.7 Å². The molecule has 0 saturated carbocycles. The van der Waals surface area contributed by atoms with Gasteiger partial charge in [-0.1, -0.05) is 24.6 Å². The number of hydrogen-bond acceptors (Lipinski definition) is 5. The van der Waals surface area contributed by atoms with Gasteiger partial charge in [-0.2, -0.15) is 0 Å². The lowest BCUT2D eigenvalue weighted by Crippen LogP contribution is -1.94. The Labute approximate surface area is 147 Å². The molecular formula is C17H14ClN5S. The molecule has 0 spiro atoms. The summed E-state index contributed by atoms with van der Waals surface area (Å²) in [7, 11) is 0. The van der Waals surface area contributed by atoms with E-state index in [9.17, 15) is 0 Å². The fourth-order valence-electron chi connectivity index (χ4n) is 2.45. The number of hydrogen-bond donors (Lipinski definition) is 2. The van der Waals surface area contributed by atoms with Crippen molar-refractivity contribution in [2.75, 3.05) is 5.32 Å². The first-order valence-corrected chi connectivity index (χ1v) is 8.80. The lowest BCUT2D eigenvalue weighted by Gasteiger charge is -2.06. The van der Waals surface area contributed by atoms with Gasteiger partial charge >= 0.3 is 0 Å². The van der Waals surface area contributed by atoms with Crippen molar-refractivity contribution in [3.63, 3.8) is 0 Å². The summed E-state index contributed by atoms with van der Waals surface area (Å²) in [5.41, 5.74) is 3.70. The third-order valence-electron chi connectivity index (χ3n) is 3.66. The molecule has 0 aliphatic rings. The number of halogens is 1. The number of benzene rings is 1. The summed E-state index contributed by atoms with van der Waals surface area (Å²) in [6.07, 6.45) is 2.47. The molecule has 0 fully saturated rings. The molecule has 4 aromatic rings. The molecule has 120 valence electrons. The van der Waals surface area contributed by atoms with Crippen LogP contribution in [0.2, 0.25) is 5.02 Å². The fourth-order valence-corrected chi connectivity index (χ4v) is 3.51. The van der Waals surface area contributed by atoms with Crippen molar-refractivity contribution in [3.05, 3.63) is 52.8 Å². The van der Waals surface area contributed by atoms with Gasteiger partial charge in [-0.05, 0) is 30.7 Å². The zero-order valence-electron chi connectivity index (χ0n) is 12.9. The van der Waals surface area contributed by atoms with Gasteiger partial charge in [0.25, 0.3) is 0 Å². The van der Waals surface area contributed by atoms with Crippen molar-refractivity contribution < 1.29 is 0 Å². The molecule has 4 rings (SSSR count). The number of nitrogens with zero attached hydrogens (tertiary/aromatic N) is 3. The predicted molar refractivity (Wildman–Crippen MR) is 99.1 cm³/mol. The van der Waals surface area contributed by atoms with Crippen molar-refractivity contribution in [1.29, 1.82) is 0 Å². The topological polar surface area (TPSA) is 66.5 Å². The number of thiazole rings is 1. The first-order chi connectivity index (χ1) is 11.7. The molecule has 0 radical (unpaired) electrons. The van der Waals surface area contributed by atoms with E-state index in [1.165, 1.54) is 6.33 Å². The molecule has 0 saturated heterocycles. The van der Waals surface area contributed by atoms with Crippen LogP contribution in [0.25, 0.3) is 21.7 Å². The minimum absolute atomic E-state index is 0.676. The van der Waals surface area contributed by atoms with Crippen LogP contribution in [0.15, 0.2) is 42.0 Å². The Hall–Kier alpha value is -2.44. The van der Waals surface area contributed by atoms with Gasteiger partial charge in [0, 0.05) is 16.1 Å². The standard InChI is InChI=1S/C17H14ClN5S/c1-2-11-8-24-17(22-11)14-7-13-15(19-9-20-16(13)23-14)21-12-5-3-4-10(18)6-12/h3-9H,2H2,1H3,(H2,19,20,21,23). The molecule has 0 amide bonds. The zero-order valence-corrected chi connectivity index (χ0v) is 14.4. The summed E-state index contributed by atoms with van der Waals surface area (Å²) >= 11 is 7.67. The summed E-state index contributed by atoms with van der Waals surface area (Å²) in [4.78, 5) is 16.6. The van der Waals surface area contributed by atoms with Crippen LogP contribution in [0.4, 0.5) is 11.5 Å². The first-order valence-electron chi connectivity index (χ1n) is 7.54. The maximum atomic E-state index is 6.04. The molecule has 24 heavy (non-hydrogen) atoms. The number of rotatable bonds is 4. The quantitative estimate of drug-likeness (QED) is 0.538. The number of aromatic amines is 1. The first kappa shape index (κ1) is 15.1. The third-order valence-corrected chi connectivity index (χ3v) is 4.82. The summed E-state index contributed by atoms with van der Waals surface area (Å²) in [6.45, 7) is 2.10. The molecule has 0 unspecified atom stereocenters. The highest BCUT2D eigenvalue weighted by Crippen LogP contribution is 2.30. The Morgan fingerprint density at radius 2 is 2.17 bits per heavy atom. The molecule has 0 aliphatic carbocycles. The maximum Gasteiger partial charge on any atom is 0.143 e. The highest BCUT2D eigenvalue weighted by atomic mass is 35.5. The molecule has 7 heteroatoms. The van der Waals surface area contributed by atoms with Gasteiger partial charge in [0.2, 0.25) is 0 Å². The second-order valence-electron chi connectivity index (χ2n) is 5.30. The molecule has 2 N–H and O–H groups in total. The molecule has 0 bridgehead atoms. The van der Waals surface area contributed by atoms with Gasteiger partial charge in [-0.3, -0.25) is 0 Å². The van der Waals surface area contributed by atoms with Gasteiger partial charge < -0.3 is 10.3 Å². The highest BCUT2D eigenvalue weighted by molar-refractivity contribution is 7.13. The Balaban J connectivity index is 1.74. The molecule has 3 aromatic heterocycles. The van der Waals surface area contributed by atoms with Crippen molar-refractivity contribution in [2.45, 2.75) is 13.3 Å². The normalized spacial score (nSPS) is 11.1. The number of fused-ring (bicyclic) bond motifs is 1. The third kappa shape index (κ3) is 2.86. The van der Waals surface area contributed by atoms with E-state index >= 15 is 0 Å². The Morgan fingerprint density at radius 1 is 1.25 bits per heavy atom. The van der Waals surface area contributed by atoms with Crippen LogP contribution >= 0.6 is 22.9 Å². The lowest BCUT2D eigenvalue weighted by atomic mass is 10.3. The lowest BCUT2D eigenvalue weighted by molar-refractivity contribution is 1.06. The average molecular weight is 356 g/mol. The van der Waals surface area contributed by atoms with E-state index in [1.54, 1.807) is 11.3 Å². The second kappa shape index (κ2) is 6.22. The van der Waals surface area contributed by atoms with E-state index in [4.69, 9.17) is 11.6 Å². The van der Waals surface area contributed by atoms with Crippen LogP contribution in [0.3, 0.4) is 0 Å². The van der Waals surface area contributed by atoms with Crippen LogP contribution in [0.1, 0.15) is 12.6 Å². The van der Waals surface area contributed by atoms with Crippen molar-refractivity contribution in [2.24, 2.45) is 0 Å². The van der Waals surface area contributed by atoms with Crippen LogP contribution in [-0.4, -0.2) is 19.9 Å². The van der Waals surface area contributed by atoms with Crippen LogP contribution < -0.4 is 5.32 Å². The van der Waals surface area contributed by atoms with E-state index < -0.39 is 0 Å². The number of nitrogens with one attached hydrogen (secondary N) is 2. The Morgan fingerprint density at radius 3 is 2.96 bits per heavy atom. The largest absolute Gasteiger partial charge is 0.340 e. The average Bonchev–Trinajstić information content (AvgIpc) is 3.22. The van der Waals surface area contributed by atoms with Crippen molar-refractivity contribution in [1.82, 2.24) is 19.9 Å². The summed E-state index contributed by atoms with van der Waals surface area (Å²) < 4.78 is 0. The molecule has 3 heterocycles. The monoisotopic (exact) mass is 355 g/mol. The summed E-state index contributed by atoms with van der Waals surface area (Å²) in [5.74, 6) is 0.733. The smallest absolute Gasteiger partial charge is 0.143 e. The SMILES string of the molecule is CCc1csc(-c2cc3c(Nc4cccc(Cl)c4)ncnc3[nH]2)n1. The van der Waals surface area contributed by atoms with Gasteiger partial charge in [0.05, 0.1) is 16.8 Å². The van der Waals surface area contributed by atoms with Gasteiger partial charge in [0.1, 0.15) is 22.8 Å². The zero-order chi connectivity index (χ0) is 16.5. The Kier molecular flexibility index (Phi) is 3.92. The van der Waals surface area contributed by atoms with Gasteiger partial charge in [-0.25, -0.2) is 15.0 Å². The number of anilines is 2. The summed E-state index contributed by atoms with van der Waals surface area (Å²) in [5, 5.41) is 7.93. The number of aromatic nitrogens is 4. The van der Waals surface area contributed by atoms with E-state index in [0.29, 0.717) is 5.02 Å². The molecule has 0 atom stereocenters. The second-order valence-corrected chi connectivity index (χ2v) is 6.60. The molecular weight excluding hydrogens is 342 g/mol. The van der Waals surface area contributed by atoms with Crippen LogP contribution in [0.5, 0.6) is 0 Å². The molecule has 1 aromatic carbocycles. The Bertz CT molecular complexity index is 1010. The van der Waals surface area contributed by atoms with Gasteiger partial charge in [0.15, 0.2) is 0 Å². The van der Waals surface area contributed by atoms with Crippen LogP contribution in [-0.2, 0) is 6.42 Å². The summed E-state index contributed by atoms with van der Waals surface area (Å²) in [6, 6.07) is 9.57. The van der Waals surface area contributed by atoms with Gasteiger partial charge in [-0.15, -0.1) is 11.3 Å². The van der Waals surface area contributed by atoms with Crippen molar-refractivity contribution >= 4 is 45.5 Å². The van der Waals surface area contributed by atoms with E-state index in [0.717, 1.165) is 45.4 Å². The minimum atomic E-state index is 0.676. The highest BCUT2D eigenvalue weighted by Gasteiger charge is 2.12. The van der Waals surface area contributed by atoms with E-state index in [1.807, 2.05) is 30.3 Å².